The lowest BCUT2D eigenvalue weighted by Gasteiger charge is -2.37. The van der Waals surface area contributed by atoms with E-state index >= 15 is 0 Å². The maximum absolute atomic E-state index is 12.4. The van der Waals surface area contributed by atoms with E-state index < -0.39 is 0 Å². The highest BCUT2D eigenvalue weighted by Crippen LogP contribution is 2.22. The predicted molar refractivity (Wildman–Crippen MR) is 74.2 cm³/mol. The molecule has 2 fully saturated rings. The summed E-state index contributed by atoms with van der Waals surface area (Å²) in [5, 5.41) is 0. The van der Waals surface area contributed by atoms with Crippen molar-refractivity contribution in [2.24, 2.45) is 0 Å². The van der Waals surface area contributed by atoms with Crippen LogP contribution in [-0.4, -0.2) is 47.9 Å². The van der Waals surface area contributed by atoms with Crippen molar-refractivity contribution in [2.75, 3.05) is 26.2 Å². The highest BCUT2D eigenvalue weighted by Gasteiger charge is 2.32. The van der Waals surface area contributed by atoms with Crippen molar-refractivity contribution >= 4 is 18.5 Å². The van der Waals surface area contributed by atoms with Crippen LogP contribution in [0.25, 0.3) is 0 Å². The van der Waals surface area contributed by atoms with Crippen LogP contribution in [-0.2, 0) is 0 Å². The Kier molecular flexibility index (Phi) is 3.31. The number of amides is 1. The average molecular weight is 262 g/mol. The van der Waals surface area contributed by atoms with Crippen LogP contribution < -0.4 is 0 Å². The van der Waals surface area contributed by atoms with Crippen LogP contribution in [0, 0.1) is 0 Å². The summed E-state index contributed by atoms with van der Waals surface area (Å²) in [5.74, 6) is 0.162. The van der Waals surface area contributed by atoms with Crippen LogP contribution >= 0.6 is 12.6 Å². The van der Waals surface area contributed by atoms with Gasteiger partial charge in [-0.2, -0.15) is 0 Å². The van der Waals surface area contributed by atoms with Crippen molar-refractivity contribution in [3.63, 3.8) is 0 Å². The van der Waals surface area contributed by atoms with Gasteiger partial charge in [0.15, 0.2) is 0 Å². The third kappa shape index (κ3) is 2.27. The highest BCUT2D eigenvalue weighted by molar-refractivity contribution is 7.80. The van der Waals surface area contributed by atoms with Gasteiger partial charge in [-0.15, -0.1) is 12.6 Å². The summed E-state index contributed by atoms with van der Waals surface area (Å²) in [4.78, 5) is 17.8. The Hall–Kier alpha value is -1.00. The molecular formula is C14H18N2OS. The van der Waals surface area contributed by atoms with E-state index in [4.69, 9.17) is 0 Å². The quantitative estimate of drug-likeness (QED) is 0.781. The fourth-order valence-electron chi connectivity index (χ4n) is 2.96. The van der Waals surface area contributed by atoms with Crippen LogP contribution in [0.2, 0.25) is 0 Å². The van der Waals surface area contributed by atoms with Gasteiger partial charge in [0.2, 0.25) is 0 Å². The standard InChI is InChI=1S/C14H18N2OS/c17-14(11-3-5-13(18)6-4-11)16-9-8-15-7-1-2-12(15)10-16/h3-6,12,18H,1-2,7-10H2. The maximum atomic E-state index is 12.4. The predicted octanol–water partition coefficient (Wildman–Crippen LogP) is 1.90. The first-order chi connectivity index (χ1) is 8.74. The Morgan fingerprint density at radius 3 is 2.72 bits per heavy atom. The molecule has 1 atom stereocenters. The minimum absolute atomic E-state index is 0.162. The molecule has 1 aromatic carbocycles. The molecule has 3 rings (SSSR count). The molecule has 0 aromatic heterocycles. The van der Waals surface area contributed by atoms with E-state index in [0.29, 0.717) is 6.04 Å². The van der Waals surface area contributed by atoms with E-state index in [1.807, 2.05) is 29.2 Å². The summed E-state index contributed by atoms with van der Waals surface area (Å²) < 4.78 is 0. The number of nitrogens with zero attached hydrogens (tertiary/aromatic N) is 2. The minimum Gasteiger partial charge on any atom is -0.336 e. The molecule has 18 heavy (non-hydrogen) atoms. The second-order valence-corrected chi connectivity index (χ2v) is 5.65. The number of hydrogen-bond acceptors (Lipinski definition) is 3. The highest BCUT2D eigenvalue weighted by atomic mass is 32.1. The Bertz CT molecular complexity index is 446. The largest absolute Gasteiger partial charge is 0.336 e. The fourth-order valence-corrected chi connectivity index (χ4v) is 3.11. The molecule has 0 bridgehead atoms. The number of piperazine rings is 1. The SMILES string of the molecule is O=C(c1ccc(S)cc1)N1CCN2CCCC2C1. The first-order valence-corrected chi connectivity index (χ1v) is 7.01. The van der Waals surface area contributed by atoms with Crippen LogP contribution in [0.1, 0.15) is 23.2 Å². The number of fused-ring (bicyclic) bond motifs is 1. The van der Waals surface area contributed by atoms with Crippen molar-refractivity contribution in [1.82, 2.24) is 9.80 Å². The van der Waals surface area contributed by atoms with Gasteiger partial charge in [-0.05, 0) is 43.7 Å². The lowest BCUT2D eigenvalue weighted by Crippen LogP contribution is -2.52. The van der Waals surface area contributed by atoms with Gasteiger partial charge in [0, 0.05) is 36.1 Å². The molecule has 1 amide bonds. The lowest BCUT2D eigenvalue weighted by atomic mass is 10.1. The molecule has 1 aromatic rings. The summed E-state index contributed by atoms with van der Waals surface area (Å²) >= 11 is 4.25. The molecule has 2 aliphatic heterocycles. The van der Waals surface area contributed by atoms with Gasteiger partial charge >= 0.3 is 0 Å². The third-order valence-electron chi connectivity index (χ3n) is 3.99. The summed E-state index contributed by atoms with van der Waals surface area (Å²) in [6.07, 6.45) is 2.51. The number of benzene rings is 1. The smallest absolute Gasteiger partial charge is 0.253 e. The van der Waals surface area contributed by atoms with E-state index in [0.717, 1.165) is 30.1 Å². The lowest BCUT2D eigenvalue weighted by molar-refractivity contribution is 0.0571. The Morgan fingerprint density at radius 1 is 1.17 bits per heavy atom. The van der Waals surface area contributed by atoms with Crippen molar-refractivity contribution < 1.29 is 4.79 Å². The monoisotopic (exact) mass is 262 g/mol. The molecule has 0 saturated carbocycles. The summed E-state index contributed by atoms with van der Waals surface area (Å²) in [6, 6.07) is 8.08. The molecule has 0 radical (unpaired) electrons. The van der Waals surface area contributed by atoms with Crippen molar-refractivity contribution in [2.45, 2.75) is 23.8 Å². The van der Waals surface area contributed by atoms with Gasteiger partial charge in [0.1, 0.15) is 0 Å². The van der Waals surface area contributed by atoms with Gasteiger partial charge in [0.25, 0.3) is 5.91 Å². The molecule has 2 heterocycles. The summed E-state index contributed by atoms with van der Waals surface area (Å²) in [5.41, 5.74) is 0.777. The van der Waals surface area contributed by atoms with E-state index in [1.54, 1.807) is 0 Å². The summed E-state index contributed by atoms with van der Waals surface area (Å²) in [7, 11) is 0. The van der Waals surface area contributed by atoms with Crippen molar-refractivity contribution in [3.05, 3.63) is 29.8 Å². The topological polar surface area (TPSA) is 23.6 Å². The number of carbonyl (C=O) groups is 1. The summed E-state index contributed by atoms with van der Waals surface area (Å²) in [6.45, 7) is 3.99. The van der Waals surface area contributed by atoms with Gasteiger partial charge in [0.05, 0.1) is 0 Å². The van der Waals surface area contributed by atoms with Gasteiger partial charge in [-0.3, -0.25) is 9.69 Å². The third-order valence-corrected chi connectivity index (χ3v) is 4.29. The first kappa shape index (κ1) is 12.1. The second-order valence-electron chi connectivity index (χ2n) is 5.13. The maximum Gasteiger partial charge on any atom is 0.253 e. The molecule has 0 spiro atoms. The zero-order valence-electron chi connectivity index (χ0n) is 10.4. The van der Waals surface area contributed by atoms with Gasteiger partial charge in [-0.1, -0.05) is 0 Å². The van der Waals surface area contributed by atoms with Crippen molar-refractivity contribution in [3.8, 4) is 0 Å². The zero-order chi connectivity index (χ0) is 12.5. The zero-order valence-corrected chi connectivity index (χ0v) is 11.3. The molecule has 3 nitrogen and oxygen atoms in total. The van der Waals surface area contributed by atoms with Crippen molar-refractivity contribution in [1.29, 1.82) is 0 Å². The van der Waals surface area contributed by atoms with Crippen LogP contribution in [0.15, 0.2) is 29.2 Å². The number of hydrogen-bond donors (Lipinski definition) is 1. The Labute approximate surface area is 113 Å². The number of carbonyl (C=O) groups excluding carboxylic acids is 1. The van der Waals surface area contributed by atoms with E-state index in [-0.39, 0.29) is 5.91 Å². The molecular weight excluding hydrogens is 244 g/mol. The first-order valence-electron chi connectivity index (χ1n) is 6.56. The van der Waals surface area contributed by atoms with Crippen LogP contribution in [0.3, 0.4) is 0 Å². The van der Waals surface area contributed by atoms with E-state index in [9.17, 15) is 4.79 Å². The average Bonchev–Trinajstić information content (AvgIpc) is 2.86. The minimum atomic E-state index is 0.162. The van der Waals surface area contributed by atoms with E-state index in [1.165, 1.54) is 19.4 Å². The number of rotatable bonds is 1. The molecule has 2 aliphatic rings. The molecule has 96 valence electrons. The van der Waals surface area contributed by atoms with Gasteiger partial charge < -0.3 is 4.90 Å². The second kappa shape index (κ2) is 4.94. The molecule has 1 unspecified atom stereocenters. The molecule has 2 saturated heterocycles. The molecule has 4 heteroatoms. The number of thiol groups is 1. The normalized spacial score (nSPS) is 24.1. The Balaban J connectivity index is 1.71. The van der Waals surface area contributed by atoms with Crippen LogP contribution in [0.4, 0.5) is 0 Å². The van der Waals surface area contributed by atoms with E-state index in [2.05, 4.69) is 17.5 Å². The fraction of sp³-hybridized carbons (Fsp3) is 0.500. The van der Waals surface area contributed by atoms with Crippen LogP contribution in [0.5, 0.6) is 0 Å². The molecule has 0 N–H and O–H groups in total. The Morgan fingerprint density at radius 2 is 1.94 bits per heavy atom. The van der Waals surface area contributed by atoms with Gasteiger partial charge in [-0.25, -0.2) is 0 Å². The molecule has 0 aliphatic carbocycles.